The highest BCUT2D eigenvalue weighted by Crippen LogP contribution is 2.36. The number of amidine groups is 1. The van der Waals surface area contributed by atoms with Crippen LogP contribution in [0, 0.1) is 11.3 Å². The predicted molar refractivity (Wildman–Crippen MR) is 106 cm³/mol. The number of hydrogen-bond donors (Lipinski definition) is 4. The molecule has 0 spiro atoms. The lowest BCUT2D eigenvalue weighted by atomic mass is 9.96. The number of rotatable bonds is 8. The molecular formula is C20H18N2O5S. The molecule has 5 N–H and O–H groups in total. The van der Waals surface area contributed by atoms with Gasteiger partial charge in [-0.25, -0.2) is 0 Å². The molecule has 1 atom stereocenters. The minimum absolute atomic E-state index is 0.0522. The van der Waals surface area contributed by atoms with Crippen molar-refractivity contribution in [2.24, 2.45) is 11.7 Å². The summed E-state index contributed by atoms with van der Waals surface area (Å²) in [5, 5.41) is 26.9. The lowest BCUT2D eigenvalue weighted by Gasteiger charge is -2.22. The Labute approximate surface area is 164 Å². The van der Waals surface area contributed by atoms with Crippen molar-refractivity contribution < 1.29 is 24.5 Å². The van der Waals surface area contributed by atoms with Crippen molar-refractivity contribution >= 4 is 39.2 Å². The molecule has 2 aromatic carbocycles. The van der Waals surface area contributed by atoms with Crippen LogP contribution < -0.4 is 10.5 Å². The molecule has 1 aromatic heterocycles. The average Bonchev–Trinajstić information content (AvgIpc) is 3.10. The fourth-order valence-corrected chi connectivity index (χ4v) is 3.80. The Hall–Kier alpha value is -3.39. The third-order valence-corrected chi connectivity index (χ3v) is 5.41. The number of benzene rings is 2. The van der Waals surface area contributed by atoms with Gasteiger partial charge in [-0.1, -0.05) is 36.4 Å². The number of nitrogens with one attached hydrogen (secondary N) is 1. The number of thiophene rings is 1. The van der Waals surface area contributed by atoms with E-state index in [1.807, 2.05) is 12.1 Å². The number of carboxylic acid groups (broad SMARTS) is 2. The highest BCUT2D eigenvalue weighted by atomic mass is 32.1. The van der Waals surface area contributed by atoms with E-state index >= 15 is 0 Å². The van der Waals surface area contributed by atoms with E-state index in [1.54, 1.807) is 42.5 Å². The summed E-state index contributed by atoms with van der Waals surface area (Å²) in [6, 6.07) is 16.0. The standard InChI is InChI=1S/C20H18N2O5S/c21-18(22)17-10-12-14(7-4-8-16(12)28-17)27-15(11-5-2-1-3-6-11)9-13(19(23)24)20(25)26/h1-8,10,13,15H,9H2,(H3,21,22)(H,23,24)(H,25,26). The van der Waals surface area contributed by atoms with Crippen molar-refractivity contribution in [2.75, 3.05) is 0 Å². The minimum Gasteiger partial charge on any atom is -0.485 e. The Bertz CT molecular complexity index is 1020. The van der Waals surface area contributed by atoms with Gasteiger partial charge in [-0.2, -0.15) is 0 Å². The van der Waals surface area contributed by atoms with Crippen molar-refractivity contribution in [3.63, 3.8) is 0 Å². The molecule has 0 aliphatic heterocycles. The lowest BCUT2D eigenvalue weighted by Crippen LogP contribution is -2.27. The summed E-state index contributed by atoms with van der Waals surface area (Å²) in [5.74, 6) is -4.00. The number of ether oxygens (including phenoxy) is 1. The quantitative estimate of drug-likeness (QED) is 0.261. The maximum absolute atomic E-state index is 11.4. The molecule has 0 amide bonds. The minimum atomic E-state index is -1.60. The highest BCUT2D eigenvalue weighted by molar-refractivity contribution is 7.20. The summed E-state index contributed by atoms with van der Waals surface area (Å²) in [5.41, 5.74) is 6.25. The Morgan fingerprint density at radius 1 is 1.07 bits per heavy atom. The van der Waals surface area contributed by atoms with E-state index in [9.17, 15) is 19.8 Å². The number of fused-ring (bicyclic) bond motifs is 1. The van der Waals surface area contributed by atoms with Crippen LogP contribution in [0.4, 0.5) is 0 Å². The maximum Gasteiger partial charge on any atom is 0.318 e. The fraction of sp³-hybridized carbons (Fsp3) is 0.150. The van der Waals surface area contributed by atoms with Crippen LogP contribution in [0.1, 0.15) is 23.0 Å². The zero-order valence-electron chi connectivity index (χ0n) is 14.7. The van der Waals surface area contributed by atoms with E-state index in [4.69, 9.17) is 15.9 Å². The molecule has 0 saturated carbocycles. The van der Waals surface area contributed by atoms with Gasteiger partial charge in [-0.05, 0) is 23.8 Å². The Morgan fingerprint density at radius 2 is 1.75 bits per heavy atom. The number of aliphatic carboxylic acids is 2. The molecule has 1 heterocycles. The Balaban J connectivity index is 2.00. The van der Waals surface area contributed by atoms with Gasteiger partial charge in [-0.15, -0.1) is 11.3 Å². The largest absolute Gasteiger partial charge is 0.485 e. The fourth-order valence-electron chi connectivity index (χ4n) is 2.86. The number of nitrogens with two attached hydrogens (primary N) is 1. The molecule has 7 nitrogen and oxygen atoms in total. The molecule has 1 unspecified atom stereocenters. The topological polar surface area (TPSA) is 134 Å². The van der Waals surface area contributed by atoms with Gasteiger partial charge in [-0.3, -0.25) is 15.0 Å². The summed E-state index contributed by atoms with van der Waals surface area (Å²) < 4.78 is 6.97. The summed E-state index contributed by atoms with van der Waals surface area (Å²) >= 11 is 1.35. The molecule has 0 fully saturated rings. The van der Waals surface area contributed by atoms with Crippen LogP contribution in [0.25, 0.3) is 10.1 Å². The van der Waals surface area contributed by atoms with Crippen molar-refractivity contribution in [3.8, 4) is 5.75 Å². The molecule has 8 heteroatoms. The molecule has 28 heavy (non-hydrogen) atoms. The van der Waals surface area contributed by atoms with Crippen LogP contribution in [0.15, 0.2) is 54.6 Å². The van der Waals surface area contributed by atoms with E-state index < -0.39 is 24.0 Å². The summed E-state index contributed by atoms with van der Waals surface area (Å²) in [6.07, 6.45) is -1.00. The molecule has 0 radical (unpaired) electrons. The first-order valence-corrected chi connectivity index (χ1v) is 9.22. The van der Waals surface area contributed by atoms with Crippen molar-refractivity contribution in [2.45, 2.75) is 12.5 Å². The summed E-state index contributed by atoms with van der Waals surface area (Å²) in [7, 11) is 0. The monoisotopic (exact) mass is 398 g/mol. The van der Waals surface area contributed by atoms with Crippen molar-refractivity contribution in [1.29, 1.82) is 5.41 Å². The van der Waals surface area contributed by atoms with Gasteiger partial charge >= 0.3 is 11.9 Å². The third-order valence-electron chi connectivity index (χ3n) is 4.27. The normalized spacial score (nSPS) is 12.0. The van der Waals surface area contributed by atoms with Crippen LogP contribution >= 0.6 is 11.3 Å². The number of nitrogen functional groups attached to an aromatic ring is 1. The molecular weight excluding hydrogens is 380 g/mol. The van der Waals surface area contributed by atoms with E-state index in [1.165, 1.54) is 11.3 Å². The number of hydrogen-bond acceptors (Lipinski definition) is 5. The SMILES string of the molecule is N=C(N)c1cc2c(OC(CC(C(=O)O)C(=O)O)c3ccccc3)cccc2s1. The molecule has 0 bridgehead atoms. The molecule has 0 saturated heterocycles. The van der Waals surface area contributed by atoms with Gasteiger partial charge in [0, 0.05) is 16.5 Å². The van der Waals surface area contributed by atoms with Crippen LogP contribution in [0.5, 0.6) is 5.75 Å². The van der Waals surface area contributed by atoms with Gasteiger partial charge in [0.15, 0.2) is 5.92 Å². The Kier molecular flexibility index (Phi) is 5.60. The van der Waals surface area contributed by atoms with Gasteiger partial charge in [0.1, 0.15) is 17.7 Å². The van der Waals surface area contributed by atoms with Crippen molar-refractivity contribution in [1.82, 2.24) is 0 Å². The number of carboxylic acids is 2. The van der Waals surface area contributed by atoms with E-state index in [0.717, 1.165) is 10.1 Å². The maximum atomic E-state index is 11.4. The second-order valence-electron chi connectivity index (χ2n) is 6.17. The zero-order chi connectivity index (χ0) is 20.3. The molecule has 0 aliphatic rings. The first kappa shape index (κ1) is 19.4. The van der Waals surface area contributed by atoms with Crippen LogP contribution in [-0.2, 0) is 9.59 Å². The lowest BCUT2D eigenvalue weighted by molar-refractivity contribution is -0.155. The van der Waals surface area contributed by atoms with Crippen LogP contribution in [0.3, 0.4) is 0 Å². The van der Waals surface area contributed by atoms with Gasteiger partial charge in [0.25, 0.3) is 0 Å². The third kappa shape index (κ3) is 4.12. The summed E-state index contributed by atoms with van der Waals surface area (Å²) in [4.78, 5) is 23.4. The molecule has 0 aliphatic carbocycles. The van der Waals surface area contributed by atoms with Crippen LogP contribution in [0.2, 0.25) is 0 Å². The molecule has 3 aromatic rings. The summed E-state index contributed by atoms with van der Waals surface area (Å²) in [6.45, 7) is 0. The first-order valence-electron chi connectivity index (χ1n) is 8.41. The molecule has 3 rings (SSSR count). The zero-order valence-corrected chi connectivity index (χ0v) is 15.5. The first-order chi connectivity index (χ1) is 13.4. The van der Waals surface area contributed by atoms with Crippen LogP contribution in [-0.4, -0.2) is 28.0 Å². The van der Waals surface area contributed by atoms with Gasteiger partial charge in [0.05, 0.1) is 4.88 Å². The smallest absolute Gasteiger partial charge is 0.318 e. The average molecular weight is 398 g/mol. The second-order valence-corrected chi connectivity index (χ2v) is 7.26. The van der Waals surface area contributed by atoms with E-state index in [-0.39, 0.29) is 12.3 Å². The van der Waals surface area contributed by atoms with Crippen molar-refractivity contribution in [3.05, 3.63) is 65.0 Å². The highest BCUT2D eigenvalue weighted by Gasteiger charge is 2.31. The van der Waals surface area contributed by atoms with E-state index in [2.05, 4.69) is 0 Å². The number of carbonyl (C=O) groups is 2. The Morgan fingerprint density at radius 3 is 2.36 bits per heavy atom. The molecule has 144 valence electrons. The second kappa shape index (κ2) is 8.10. The van der Waals surface area contributed by atoms with Gasteiger partial charge in [0.2, 0.25) is 0 Å². The van der Waals surface area contributed by atoms with E-state index in [0.29, 0.717) is 16.2 Å². The van der Waals surface area contributed by atoms with Gasteiger partial charge < -0.3 is 20.7 Å². The predicted octanol–water partition coefficient (Wildman–Crippen LogP) is 3.48.